The molecule has 1 aromatic carbocycles. The number of thioether (sulfide) groups is 1. The van der Waals surface area contributed by atoms with Gasteiger partial charge < -0.3 is 9.84 Å². The third kappa shape index (κ3) is 3.74. The van der Waals surface area contributed by atoms with Crippen LogP contribution in [0, 0.1) is 0 Å². The Morgan fingerprint density at radius 3 is 3.00 bits per heavy atom. The van der Waals surface area contributed by atoms with Gasteiger partial charge in [-0.3, -0.25) is 4.79 Å². The van der Waals surface area contributed by atoms with Gasteiger partial charge in [-0.1, -0.05) is 23.9 Å². The summed E-state index contributed by atoms with van der Waals surface area (Å²) < 4.78 is 6.77. The molecule has 2 rings (SSSR count). The minimum Gasteiger partial charge on any atom is -0.497 e. The van der Waals surface area contributed by atoms with Gasteiger partial charge >= 0.3 is 5.97 Å². The van der Waals surface area contributed by atoms with E-state index in [-0.39, 0.29) is 5.75 Å². The quantitative estimate of drug-likeness (QED) is 0.815. The average molecular weight is 293 g/mol. The molecule has 0 bridgehead atoms. The monoisotopic (exact) mass is 293 g/mol. The molecule has 20 heavy (non-hydrogen) atoms. The predicted molar refractivity (Wildman–Crippen MR) is 75.2 cm³/mol. The van der Waals surface area contributed by atoms with Crippen LogP contribution >= 0.6 is 11.8 Å². The minimum absolute atomic E-state index is 0.0227. The molecule has 0 aliphatic rings. The van der Waals surface area contributed by atoms with Crippen molar-refractivity contribution < 1.29 is 14.6 Å². The zero-order valence-corrected chi connectivity index (χ0v) is 12.1. The van der Waals surface area contributed by atoms with Crippen molar-refractivity contribution in [3.63, 3.8) is 0 Å². The Labute approximate surface area is 120 Å². The van der Waals surface area contributed by atoms with E-state index in [1.807, 2.05) is 24.3 Å². The number of carboxylic acid groups (broad SMARTS) is 1. The normalized spacial score (nSPS) is 10.5. The summed E-state index contributed by atoms with van der Waals surface area (Å²) >= 11 is 1.16. The Bertz CT molecular complexity index is 613. The molecule has 0 atom stereocenters. The van der Waals surface area contributed by atoms with Gasteiger partial charge in [0.15, 0.2) is 11.0 Å². The van der Waals surface area contributed by atoms with E-state index < -0.39 is 5.97 Å². The van der Waals surface area contributed by atoms with Gasteiger partial charge in [0.1, 0.15) is 5.75 Å². The number of benzene rings is 1. The van der Waals surface area contributed by atoms with Crippen LogP contribution in [0.4, 0.5) is 0 Å². The predicted octanol–water partition coefficient (Wildman–Crippen LogP) is 1.59. The van der Waals surface area contributed by atoms with Crippen LogP contribution in [0.3, 0.4) is 0 Å². The first-order chi connectivity index (χ1) is 9.58. The van der Waals surface area contributed by atoms with E-state index in [0.717, 1.165) is 23.1 Å². The van der Waals surface area contributed by atoms with Crippen LogP contribution in [0.5, 0.6) is 5.75 Å². The van der Waals surface area contributed by atoms with E-state index in [2.05, 4.69) is 10.1 Å². The van der Waals surface area contributed by atoms with Crippen molar-refractivity contribution in [2.45, 2.75) is 11.6 Å². The first kappa shape index (κ1) is 14.4. The summed E-state index contributed by atoms with van der Waals surface area (Å²) in [6, 6.07) is 7.70. The standard InChI is InChI=1S/C13H15N3O3S/c1-16-13(20-8-12(17)18)14-11(15-16)7-9-4-3-5-10(6-9)19-2/h3-6H,7-8H2,1-2H3,(H,17,18). The lowest BCUT2D eigenvalue weighted by Gasteiger charge is -2.01. The van der Waals surface area contributed by atoms with Crippen LogP contribution in [-0.2, 0) is 18.3 Å². The van der Waals surface area contributed by atoms with E-state index in [0.29, 0.717) is 17.4 Å². The molecule has 0 saturated heterocycles. The number of carboxylic acids is 1. The highest BCUT2D eigenvalue weighted by Crippen LogP contribution is 2.18. The van der Waals surface area contributed by atoms with Gasteiger partial charge in [0.25, 0.3) is 0 Å². The Morgan fingerprint density at radius 2 is 2.30 bits per heavy atom. The van der Waals surface area contributed by atoms with Gasteiger partial charge in [-0.15, -0.1) is 0 Å². The van der Waals surface area contributed by atoms with E-state index >= 15 is 0 Å². The highest BCUT2D eigenvalue weighted by atomic mass is 32.2. The van der Waals surface area contributed by atoms with Crippen molar-refractivity contribution in [3.8, 4) is 5.75 Å². The summed E-state index contributed by atoms with van der Waals surface area (Å²) in [5, 5.41) is 13.6. The number of methoxy groups -OCH3 is 1. The van der Waals surface area contributed by atoms with Crippen LogP contribution in [0.1, 0.15) is 11.4 Å². The molecule has 0 aliphatic heterocycles. The zero-order valence-electron chi connectivity index (χ0n) is 11.2. The molecule has 7 heteroatoms. The Hall–Kier alpha value is -2.02. The maximum atomic E-state index is 10.6. The molecule has 0 fully saturated rings. The molecule has 1 N–H and O–H groups in total. The molecule has 106 valence electrons. The van der Waals surface area contributed by atoms with Gasteiger partial charge in [-0.2, -0.15) is 5.10 Å². The third-order valence-corrected chi connectivity index (χ3v) is 3.59. The molecule has 0 radical (unpaired) electrons. The number of aromatic nitrogens is 3. The second-order valence-corrected chi connectivity index (χ2v) is 5.09. The van der Waals surface area contributed by atoms with Crippen molar-refractivity contribution in [1.82, 2.24) is 14.8 Å². The smallest absolute Gasteiger partial charge is 0.313 e. The van der Waals surface area contributed by atoms with Gasteiger partial charge in [0.05, 0.1) is 12.9 Å². The molecular weight excluding hydrogens is 278 g/mol. The fraction of sp³-hybridized carbons (Fsp3) is 0.308. The van der Waals surface area contributed by atoms with Crippen molar-refractivity contribution in [2.24, 2.45) is 7.05 Å². The fourth-order valence-electron chi connectivity index (χ4n) is 1.71. The molecule has 1 aromatic heterocycles. The average Bonchev–Trinajstić information content (AvgIpc) is 2.76. The Balaban J connectivity index is 2.09. The van der Waals surface area contributed by atoms with E-state index in [1.54, 1.807) is 18.8 Å². The number of rotatable bonds is 6. The largest absolute Gasteiger partial charge is 0.497 e. The number of hydrogen-bond donors (Lipinski definition) is 1. The molecule has 0 spiro atoms. The Morgan fingerprint density at radius 1 is 1.50 bits per heavy atom. The topological polar surface area (TPSA) is 77.2 Å². The van der Waals surface area contributed by atoms with E-state index in [1.165, 1.54) is 0 Å². The third-order valence-electron chi connectivity index (χ3n) is 2.59. The molecule has 0 saturated carbocycles. The molecule has 1 heterocycles. The summed E-state index contributed by atoms with van der Waals surface area (Å²) in [5.41, 5.74) is 1.05. The number of aryl methyl sites for hydroxylation is 1. The molecule has 0 amide bonds. The van der Waals surface area contributed by atoms with Gasteiger partial charge in [0, 0.05) is 13.5 Å². The van der Waals surface area contributed by atoms with Crippen molar-refractivity contribution >= 4 is 17.7 Å². The lowest BCUT2D eigenvalue weighted by atomic mass is 10.1. The first-order valence-corrected chi connectivity index (χ1v) is 6.94. The minimum atomic E-state index is -0.868. The maximum Gasteiger partial charge on any atom is 0.313 e. The lowest BCUT2D eigenvalue weighted by Crippen LogP contribution is -2.00. The summed E-state index contributed by atoms with van der Waals surface area (Å²) in [6.07, 6.45) is 0.582. The van der Waals surface area contributed by atoms with Crippen LogP contribution in [0.2, 0.25) is 0 Å². The summed E-state index contributed by atoms with van der Waals surface area (Å²) in [5.74, 6) is 0.561. The second kappa shape index (κ2) is 6.42. The van der Waals surface area contributed by atoms with Crippen LogP contribution in [0.25, 0.3) is 0 Å². The van der Waals surface area contributed by atoms with Crippen molar-refractivity contribution in [1.29, 1.82) is 0 Å². The van der Waals surface area contributed by atoms with E-state index in [9.17, 15) is 4.79 Å². The second-order valence-electron chi connectivity index (χ2n) is 4.14. The lowest BCUT2D eigenvalue weighted by molar-refractivity contribution is -0.133. The van der Waals surface area contributed by atoms with Crippen LogP contribution in [0.15, 0.2) is 29.4 Å². The van der Waals surface area contributed by atoms with Crippen LogP contribution in [-0.4, -0.2) is 38.7 Å². The summed E-state index contributed by atoms with van der Waals surface area (Å²) in [7, 11) is 3.38. The highest BCUT2D eigenvalue weighted by molar-refractivity contribution is 7.99. The number of ether oxygens (including phenoxy) is 1. The number of hydrogen-bond acceptors (Lipinski definition) is 5. The molecule has 0 unspecified atom stereocenters. The molecule has 0 aliphatic carbocycles. The number of carbonyl (C=O) groups is 1. The number of nitrogens with zero attached hydrogens (tertiary/aromatic N) is 3. The SMILES string of the molecule is COc1cccc(Cc2nc(SCC(=O)O)n(C)n2)c1. The van der Waals surface area contributed by atoms with Crippen LogP contribution < -0.4 is 4.74 Å². The molecule has 2 aromatic rings. The number of aliphatic carboxylic acids is 1. The van der Waals surface area contributed by atoms with E-state index in [4.69, 9.17) is 9.84 Å². The van der Waals surface area contributed by atoms with Crippen molar-refractivity contribution in [2.75, 3.05) is 12.9 Å². The Kier molecular flexibility index (Phi) is 4.62. The molecular formula is C13H15N3O3S. The first-order valence-electron chi connectivity index (χ1n) is 5.96. The zero-order chi connectivity index (χ0) is 14.5. The van der Waals surface area contributed by atoms with Gasteiger partial charge in [-0.05, 0) is 17.7 Å². The van der Waals surface area contributed by atoms with Gasteiger partial charge in [0.2, 0.25) is 0 Å². The maximum absolute atomic E-state index is 10.6. The highest BCUT2D eigenvalue weighted by Gasteiger charge is 2.10. The molecule has 6 nitrogen and oxygen atoms in total. The fourth-order valence-corrected chi connectivity index (χ4v) is 2.36. The van der Waals surface area contributed by atoms with Crippen molar-refractivity contribution in [3.05, 3.63) is 35.7 Å². The summed E-state index contributed by atoms with van der Waals surface area (Å²) in [6.45, 7) is 0. The van der Waals surface area contributed by atoms with Gasteiger partial charge in [-0.25, -0.2) is 9.67 Å². The summed E-state index contributed by atoms with van der Waals surface area (Å²) in [4.78, 5) is 14.9.